The molecule has 2 aromatic rings. The first-order valence-electron chi connectivity index (χ1n) is 5.53. The summed E-state index contributed by atoms with van der Waals surface area (Å²) in [4.78, 5) is 7.94. The van der Waals surface area contributed by atoms with Gasteiger partial charge in [0.1, 0.15) is 17.7 Å². The smallest absolute Gasteiger partial charge is 0.199 e. The molecule has 0 saturated heterocycles. The SMILES string of the molecule is COc1c(Cl)ncnc1Nc1c(Cl)cc(Cl)c2c1N=S=N2. The van der Waals surface area contributed by atoms with Crippen molar-refractivity contribution in [1.29, 1.82) is 0 Å². The minimum absolute atomic E-state index is 0.188. The molecule has 6 nitrogen and oxygen atoms in total. The number of hydrogen-bond donors (Lipinski definition) is 1. The lowest BCUT2D eigenvalue weighted by molar-refractivity contribution is 0.413. The van der Waals surface area contributed by atoms with Crippen molar-refractivity contribution < 1.29 is 4.74 Å². The molecule has 0 amide bonds. The molecule has 0 fully saturated rings. The van der Waals surface area contributed by atoms with Crippen molar-refractivity contribution in [2.24, 2.45) is 8.73 Å². The zero-order chi connectivity index (χ0) is 15.0. The van der Waals surface area contributed by atoms with Crippen molar-refractivity contribution in [3.63, 3.8) is 0 Å². The van der Waals surface area contributed by atoms with Crippen molar-refractivity contribution in [3.05, 3.63) is 27.6 Å². The van der Waals surface area contributed by atoms with E-state index < -0.39 is 0 Å². The first-order valence-corrected chi connectivity index (χ1v) is 7.40. The van der Waals surface area contributed by atoms with Gasteiger partial charge in [0.15, 0.2) is 16.7 Å². The van der Waals surface area contributed by atoms with Gasteiger partial charge in [-0.1, -0.05) is 34.8 Å². The zero-order valence-electron chi connectivity index (χ0n) is 10.4. The second kappa shape index (κ2) is 5.76. The van der Waals surface area contributed by atoms with Gasteiger partial charge in [0.25, 0.3) is 0 Å². The molecule has 1 aromatic carbocycles. The number of aromatic nitrogens is 2. The molecule has 1 aliphatic rings. The first kappa shape index (κ1) is 14.5. The summed E-state index contributed by atoms with van der Waals surface area (Å²) in [6.07, 6.45) is 1.31. The van der Waals surface area contributed by atoms with Gasteiger partial charge in [-0.05, 0) is 6.07 Å². The normalized spacial score (nSPS) is 12.0. The Balaban J connectivity index is 2.11. The van der Waals surface area contributed by atoms with Gasteiger partial charge in [0, 0.05) is 0 Å². The predicted octanol–water partition coefficient (Wildman–Crippen LogP) is 4.92. The lowest BCUT2D eigenvalue weighted by atomic mass is 10.2. The lowest BCUT2D eigenvalue weighted by Gasteiger charge is -2.13. The number of fused-ring (bicyclic) bond motifs is 1. The van der Waals surface area contributed by atoms with Crippen LogP contribution in [0.5, 0.6) is 5.75 Å². The van der Waals surface area contributed by atoms with Crippen LogP contribution >= 0.6 is 34.8 Å². The molecule has 0 unspecified atom stereocenters. The van der Waals surface area contributed by atoms with Crippen LogP contribution in [0, 0.1) is 0 Å². The number of rotatable bonds is 3. The topological polar surface area (TPSA) is 71.8 Å². The van der Waals surface area contributed by atoms with Crippen LogP contribution in [0.2, 0.25) is 15.2 Å². The van der Waals surface area contributed by atoms with Crippen molar-refractivity contribution >= 4 is 69.0 Å². The Morgan fingerprint density at radius 2 is 1.86 bits per heavy atom. The Morgan fingerprint density at radius 1 is 1.10 bits per heavy atom. The maximum atomic E-state index is 6.22. The van der Waals surface area contributed by atoms with Gasteiger partial charge in [-0.25, -0.2) is 9.97 Å². The number of methoxy groups -OCH3 is 1. The minimum Gasteiger partial charge on any atom is -0.490 e. The van der Waals surface area contributed by atoms with Crippen molar-refractivity contribution in [2.45, 2.75) is 0 Å². The Kier molecular flexibility index (Phi) is 3.99. The maximum Gasteiger partial charge on any atom is 0.199 e. The average Bonchev–Trinajstić information content (AvgIpc) is 2.93. The summed E-state index contributed by atoms with van der Waals surface area (Å²) in [5.74, 6) is 0.678. The summed E-state index contributed by atoms with van der Waals surface area (Å²) in [5.41, 5.74) is 1.64. The number of nitrogens with zero attached hydrogens (tertiary/aromatic N) is 4. The fourth-order valence-electron chi connectivity index (χ4n) is 1.73. The van der Waals surface area contributed by atoms with E-state index in [0.29, 0.717) is 38.7 Å². The quantitative estimate of drug-likeness (QED) is 0.672. The molecule has 21 heavy (non-hydrogen) atoms. The summed E-state index contributed by atoms with van der Waals surface area (Å²) in [6.45, 7) is 0. The fraction of sp³-hybridized carbons (Fsp3) is 0.0909. The van der Waals surface area contributed by atoms with E-state index in [4.69, 9.17) is 39.5 Å². The number of benzene rings is 1. The van der Waals surface area contributed by atoms with Crippen LogP contribution in [0.3, 0.4) is 0 Å². The van der Waals surface area contributed by atoms with E-state index in [0.717, 1.165) is 11.4 Å². The molecular formula is C11H6Cl3N5OS. The van der Waals surface area contributed by atoms with Gasteiger partial charge in [-0.15, -0.1) is 0 Å². The number of halogens is 3. The average molecular weight is 363 g/mol. The molecular weight excluding hydrogens is 357 g/mol. The standard InChI is InChI=1S/C11H6Cl3N5OS/c1-20-9-10(14)15-3-16-11(9)17-6-4(12)2-5(13)7-8(6)19-21-18-7/h2-3H,1H3,(H,15,16,17). The number of anilines is 2. The van der Waals surface area contributed by atoms with E-state index in [-0.39, 0.29) is 5.15 Å². The molecule has 1 aliphatic heterocycles. The van der Waals surface area contributed by atoms with Crippen LogP contribution < -0.4 is 10.1 Å². The Bertz CT molecular complexity index is 807. The second-order valence-electron chi connectivity index (χ2n) is 3.85. The highest BCUT2D eigenvalue weighted by Crippen LogP contribution is 2.49. The van der Waals surface area contributed by atoms with E-state index in [2.05, 4.69) is 24.0 Å². The summed E-state index contributed by atoms with van der Waals surface area (Å²) >= 11 is 19.3. The number of hydrogen-bond acceptors (Lipinski definition) is 6. The van der Waals surface area contributed by atoms with E-state index >= 15 is 0 Å². The third-order valence-electron chi connectivity index (χ3n) is 2.65. The van der Waals surface area contributed by atoms with Gasteiger partial charge in [-0.3, -0.25) is 0 Å². The molecule has 0 spiro atoms. The Hall–Kier alpha value is -1.41. The maximum absolute atomic E-state index is 6.22. The van der Waals surface area contributed by atoms with Gasteiger partial charge >= 0.3 is 0 Å². The lowest BCUT2D eigenvalue weighted by Crippen LogP contribution is -2.00. The second-order valence-corrected chi connectivity index (χ2v) is 5.55. The van der Waals surface area contributed by atoms with E-state index in [9.17, 15) is 0 Å². The van der Waals surface area contributed by atoms with Crippen molar-refractivity contribution in [3.8, 4) is 5.75 Å². The summed E-state index contributed by atoms with van der Waals surface area (Å²) in [6, 6.07) is 1.59. The third kappa shape index (κ3) is 2.57. The fourth-order valence-corrected chi connectivity index (χ4v) is 3.10. The van der Waals surface area contributed by atoms with Crippen LogP contribution in [0.4, 0.5) is 22.9 Å². The van der Waals surface area contributed by atoms with Crippen LogP contribution in [-0.2, 0) is 11.4 Å². The van der Waals surface area contributed by atoms with Crippen molar-refractivity contribution in [1.82, 2.24) is 9.97 Å². The van der Waals surface area contributed by atoms with Crippen molar-refractivity contribution in [2.75, 3.05) is 12.4 Å². The van der Waals surface area contributed by atoms with Crippen LogP contribution in [0.25, 0.3) is 0 Å². The predicted molar refractivity (Wildman–Crippen MR) is 84.9 cm³/mol. The van der Waals surface area contributed by atoms with E-state index in [1.807, 2.05) is 0 Å². The molecule has 0 saturated carbocycles. The highest BCUT2D eigenvalue weighted by molar-refractivity contribution is 7.58. The Labute approximate surface area is 138 Å². The van der Waals surface area contributed by atoms with Crippen LogP contribution in [-0.4, -0.2) is 17.1 Å². The largest absolute Gasteiger partial charge is 0.490 e. The molecule has 0 atom stereocenters. The molecule has 1 aromatic heterocycles. The Morgan fingerprint density at radius 3 is 2.62 bits per heavy atom. The molecule has 108 valence electrons. The first-order chi connectivity index (χ1) is 10.1. The highest BCUT2D eigenvalue weighted by Gasteiger charge is 2.21. The van der Waals surface area contributed by atoms with Gasteiger partial charge in [0.2, 0.25) is 0 Å². The monoisotopic (exact) mass is 361 g/mol. The summed E-state index contributed by atoms with van der Waals surface area (Å²) < 4.78 is 13.5. The van der Waals surface area contributed by atoms with Gasteiger partial charge in [0.05, 0.1) is 34.2 Å². The van der Waals surface area contributed by atoms with Crippen LogP contribution in [0.15, 0.2) is 21.1 Å². The van der Waals surface area contributed by atoms with Crippen LogP contribution in [0.1, 0.15) is 0 Å². The molecule has 0 aliphatic carbocycles. The molecule has 0 radical (unpaired) electrons. The van der Waals surface area contributed by atoms with E-state index in [1.54, 1.807) is 6.07 Å². The van der Waals surface area contributed by atoms with Gasteiger partial charge < -0.3 is 10.1 Å². The molecule has 1 N–H and O–H groups in total. The summed E-state index contributed by atoms with van der Waals surface area (Å²) in [7, 11) is 1.47. The molecule has 3 rings (SSSR count). The minimum atomic E-state index is 0.188. The van der Waals surface area contributed by atoms with Gasteiger partial charge in [-0.2, -0.15) is 8.73 Å². The molecule has 10 heteroatoms. The number of ether oxygens (including phenoxy) is 1. The molecule has 2 heterocycles. The highest BCUT2D eigenvalue weighted by atomic mass is 35.5. The molecule has 0 bridgehead atoms. The summed E-state index contributed by atoms with van der Waals surface area (Å²) in [5, 5.41) is 4.05. The third-order valence-corrected chi connectivity index (χ3v) is 4.04. The zero-order valence-corrected chi connectivity index (χ0v) is 13.5. The number of nitrogens with one attached hydrogen (secondary N) is 1. The van der Waals surface area contributed by atoms with E-state index in [1.165, 1.54) is 13.4 Å².